The molecular weight excluding hydrogens is 202 g/mol. The fraction of sp³-hybridized carbons (Fsp3) is 0.308. The molecule has 1 aliphatic rings. The standard InChI is InChI=1S/C13H15NO2/c1-2-16-13(15)11-8-9-14-12(11)10-6-4-3-5-7-10/h4,6-9,14H,2-3,5H2,1H3. The van der Waals surface area contributed by atoms with Crippen LogP contribution in [0.3, 0.4) is 0 Å². The molecule has 3 nitrogen and oxygen atoms in total. The molecule has 0 unspecified atom stereocenters. The van der Waals surface area contributed by atoms with Gasteiger partial charge in [0.05, 0.1) is 17.9 Å². The van der Waals surface area contributed by atoms with Gasteiger partial charge in [-0.1, -0.05) is 18.2 Å². The van der Waals surface area contributed by atoms with E-state index in [1.54, 1.807) is 12.3 Å². The third-order valence-electron chi connectivity index (χ3n) is 2.53. The Balaban J connectivity index is 2.28. The van der Waals surface area contributed by atoms with E-state index in [9.17, 15) is 4.79 Å². The highest BCUT2D eigenvalue weighted by Gasteiger charge is 2.15. The number of rotatable bonds is 3. The molecule has 84 valence electrons. The van der Waals surface area contributed by atoms with Crippen LogP contribution >= 0.6 is 0 Å². The number of hydrogen-bond donors (Lipinski definition) is 1. The summed E-state index contributed by atoms with van der Waals surface area (Å²) in [6, 6.07) is 1.76. The molecule has 0 aromatic carbocycles. The lowest BCUT2D eigenvalue weighted by atomic mass is 10.0. The first-order valence-corrected chi connectivity index (χ1v) is 5.54. The Hall–Kier alpha value is -1.77. The van der Waals surface area contributed by atoms with Crippen LogP contribution in [-0.4, -0.2) is 17.6 Å². The van der Waals surface area contributed by atoms with E-state index in [-0.39, 0.29) is 5.97 Å². The predicted molar refractivity (Wildman–Crippen MR) is 63.1 cm³/mol. The zero-order valence-electron chi connectivity index (χ0n) is 9.32. The van der Waals surface area contributed by atoms with Gasteiger partial charge in [-0.2, -0.15) is 0 Å². The molecule has 0 amide bonds. The van der Waals surface area contributed by atoms with Gasteiger partial charge >= 0.3 is 5.97 Å². The molecule has 0 aliphatic heterocycles. The van der Waals surface area contributed by atoms with E-state index >= 15 is 0 Å². The van der Waals surface area contributed by atoms with Gasteiger partial charge < -0.3 is 9.72 Å². The Kier molecular flexibility index (Phi) is 3.25. The molecule has 1 heterocycles. The molecule has 0 bridgehead atoms. The lowest BCUT2D eigenvalue weighted by Crippen LogP contribution is -2.06. The maximum Gasteiger partial charge on any atom is 0.340 e. The van der Waals surface area contributed by atoms with Crippen molar-refractivity contribution in [3.05, 3.63) is 41.7 Å². The maximum absolute atomic E-state index is 11.7. The molecule has 1 aromatic heterocycles. The fourth-order valence-electron chi connectivity index (χ4n) is 1.79. The number of hydrogen-bond acceptors (Lipinski definition) is 2. The third kappa shape index (κ3) is 2.08. The van der Waals surface area contributed by atoms with Crippen LogP contribution in [-0.2, 0) is 4.74 Å². The van der Waals surface area contributed by atoms with E-state index in [1.807, 2.05) is 13.0 Å². The zero-order chi connectivity index (χ0) is 11.4. The number of H-pyrrole nitrogens is 1. The van der Waals surface area contributed by atoms with Crippen molar-refractivity contribution in [1.29, 1.82) is 0 Å². The van der Waals surface area contributed by atoms with Crippen molar-refractivity contribution in [2.45, 2.75) is 19.8 Å². The van der Waals surface area contributed by atoms with E-state index in [0.29, 0.717) is 12.2 Å². The van der Waals surface area contributed by atoms with Crippen molar-refractivity contribution in [3.63, 3.8) is 0 Å². The highest BCUT2D eigenvalue weighted by molar-refractivity contribution is 5.96. The quantitative estimate of drug-likeness (QED) is 0.791. The lowest BCUT2D eigenvalue weighted by Gasteiger charge is -2.07. The molecule has 3 heteroatoms. The average molecular weight is 217 g/mol. The second-order valence-corrected chi connectivity index (χ2v) is 3.63. The van der Waals surface area contributed by atoms with Crippen molar-refractivity contribution in [2.24, 2.45) is 0 Å². The summed E-state index contributed by atoms with van der Waals surface area (Å²) in [5, 5.41) is 0. The summed E-state index contributed by atoms with van der Waals surface area (Å²) in [6.45, 7) is 2.21. The number of nitrogens with one attached hydrogen (secondary N) is 1. The van der Waals surface area contributed by atoms with E-state index < -0.39 is 0 Å². The number of aromatic amines is 1. The van der Waals surface area contributed by atoms with E-state index in [2.05, 4.69) is 17.1 Å². The summed E-state index contributed by atoms with van der Waals surface area (Å²) < 4.78 is 5.01. The number of carbonyl (C=O) groups is 1. The first-order chi connectivity index (χ1) is 7.83. The second kappa shape index (κ2) is 4.84. The van der Waals surface area contributed by atoms with Gasteiger partial charge in [0.2, 0.25) is 0 Å². The Bertz CT molecular complexity index is 441. The summed E-state index contributed by atoms with van der Waals surface area (Å²) in [7, 11) is 0. The van der Waals surface area contributed by atoms with Crippen LogP contribution in [0.4, 0.5) is 0 Å². The van der Waals surface area contributed by atoms with Crippen molar-refractivity contribution in [2.75, 3.05) is 6.61 Å². The van der Waals surface area contributed by atoms with Crippen LogP contribution < -0.4 is 0 Å². The van der Waals surface area contributed by atoms with Crippen LogP contribution in [0.25, 0.3) is 5.57 Å². The van der Waals surface area contributed by atoms with Gasteiger partial charge in [0.1, 0.15) is 0 Å². The number of carbonyl (C=O) groups excluding carboxylic acids is 1. The Morgan fingerprint density at radius 2 is 2.38 bits per heavy atom. The molecule has 0 spiro atoms. The highest BCUT2D eigenvalue weighted by atomic mass is 16.5. The van der Waals surface area contributed by atoms with Gasteiger partial charge in [-0.25, -0.2) is 4.79 Å². The topological polar surface area (TPSA) is 42.1 Å². The van der Waals surface area contributed by atoms with Crippen LogP contribution in [0, 0.1) is 0 Å². The Morgan fingerprint density at radius 3 is 3.06 bits per heavy atom. The van der Waals surface area contributed by atoms with Crippen molar-refractivity contribution < 1.29 is 9.53 Å². The summed E-state index contributed by atoms with van der Waals surface area (Å²) in [5.41, 5.74) is 2.54. The van der Waals surface area contributed by atoms with Crippen molar-refractivity contribution in [1.82, 2.24) is 4.98 Å². The maximum atomic E-state index is 11.7. The van der Waals surface area contributed by atoms with Gasteiger partial charge in [-0.3, -0.25) is 0 Å². The first kappa shape index (κ1) is 10.7. The monoisotopic (exact) mass is 217 g/mol. The largest absolute Gasteiger partial charge is 0.462 e. The molecular formula is C13H15NO2. The minimum Gasteiger partial charge on any atom is -0.462 e. The van der Waals surface area contributed by atoms with Crippen LogP contribution in [0.2, 0.25) is 0 Å². The first-order valence-electron chi connectivity index (χ1n) is 5.54. The molecule has 2 rings (SSSR count). The average Bonchev–Trinajstić information content (AvgIpc) is 2.79. The van der Waals surface area contributed by atoms with Crippen LogP contribution in [0.15, 0.2) is 30.5 Å². The number of allylic oxidation sites excluding steroid dienone is 4. The van der Waals surface area contributed by atoms with Gasteiger partial charge in [-0.15, -0.1) is 0 Å². The van der Waals surface area contributed by atoms with Crippen molar-refractivity contribution in [3.8, 4) is 0 Å². The normalized spacial score (nSPS) is 14.7. The molecule has 1 N–H and O–H groups in total. The zero-order valence-corrected chi connectivity index (χ0v) is 9.32. The molecule has 0 fully saturated rings. The summed E-state index contributed by atoms with van der Waals surface area (Å²) in [5.74, 6) is -0.265. The molecule has 0 saturated carbocycles. The number of esters is 1. The number of aromatic nitrogens is 1. The summed E-state index contributed by atoms with van der Waals surface area (Å²) in [6.07, 6.45) is 10.1. The second-order valence-electron chi connectivity index (χ2n) is 3.63. The lowest BCUT2D eigenvalue weighted by molar-refractivity contribution is 0.0526. The van der Waals surface area contributed by atoms with Crippen LogP contribution in [0.5, 0.6) is 0 Å². The van der Waals surface area contributed by atoms with E-state index in [4.69, 9.17) is 4.74 Å². The van der Waals surface area contributed by atoms with Gasteiger partial charge in [0.25, 0.3) is 0 Å². The molecule has 16 heavy (non-hydrogen) atoms. The number of ether oxygens (including phenoxy) is 1. The SMILES string of the molecule is CCOC(=O)c1cc[nH]c1C1=CCCC=C1. The summed E-state index contributed by atoms with van der Waals surface area (Å²) >= 11 is 0. The Labute approximate surface area is 94.8 Å². The van der Waals surface area contributed by atoms with Crippen molar-refractivity contribution >= 4 is 11.5 Å². The summed E-state index contributed by atoms with van der Waals surface area (Å²) in [4.78, 5) is 14.8. The highest BCUT2D eigenvalue weighted by Crippen LogP contribution is 2.23. The molecule has 0 saturated heterocycles. The Morgan fingerprint density at radius 1 is 1.50 bits per heavy atom. The smallest absolute Gasteiger partial charge is 0.340 e. The molecule has 0 radical (unpaired) electrons. The fourth-order valence-corrected chi connectivity index (χ4v) is 1.79. The predicted octanol–water partition coefficient (Wildman–Crippen LogP) is 2.92. The minimum absolute atomic E-state index is 0.265. The molecule has 1 aliphatic carbocycles. The molecule has 0 atom stereocenters. The van der Waals surface area contributed by atoms with E-state index in [1.165, 1.54) is 0 Å². The third-order valence-corrected chi connectivity index (χ3v) is 2.53. The van der Waals surface area contributed by atoms with Gasteiger partial charge in [-0.05, 0) is 31.4 Å². The van der Waals surface area contributed by atoms with E-state index in [0.717, 1.165) is 24.1 Å². The van der Waals surface area contributed by atoms with Gasteiger partial charge in [0, 0.05) is 6.20 Å². The molecule has 1 aromatic rings. The minimum atomic E-state index is -0.265. The van der Waals surface area contributed by atoms with Gasteiger partial charge in [0.15, 0.2) is 0 Å². The van der Waals surface area contributed by atoms with Crippen LogP contribution in [0.1, 0.15) is 35.8 Å².